The average molecular weight is 264 g/mol. The third-order valence-electron chi connectivity index (χ3n) is 3.03. The normalized spacial score (nSPS) is 17.2. The zero-order valence-corrected chi connectivity index (χ0v) is 12.1. The van der Waals surface area contributed by atoms with Crippen LogP contribution in [0.4, 0.5) is 5.82 Å². The molecular weight excluding hydrogens is 240 g/mol. The molecule has 0 unspecified atom stereocenters. The summed E-state index contributed by atoms with van der Waals surface area (Å²) in [6, 6.07) is 5.85. The highest BCUT2D eigenvalue weighted by molar-refractivity contribution is 5.39. The molecular formula is C15H24N2O2. The van der Waals surface area contributed by atoms with Gasteiger partial charge in [-0.3, -0.25) is 0 Å². The molecule has 0 saturated carbocycles. The van der Waals surface area contributed by atoms with E-state index in [-0.39, 0.29) is 5.54 Å². The van der Waals surface area contributed by atoms with Crippen LogP contribution in [0, 0.1) is 5.92 Å². The van der Waals surface area contributed by atoms with Crippen molar-refractivity contribution in [3.05, 3.63) is 18.2 Å². The fraction of sp³-hybridized carbons (Fsp3) is 0.667. The lowest BCUT2D eigenvalue weighted by atomic mass is 10.0. The van der Waals surface area contributed by atoms with Crippen molar-refractivity contribution in [3.63, 3.8) is 0 Å². The smallest absolute Gasteiger partial charge is 0.215 e. The Morgan fingerprint density at radius 2 is 2.05 bits per heavy atom. The molecule has 0 radical (unpaired) electrons. The van der Waals surface area contributed by atoms with Crippen molar-refractivity contribution in [2.75, 3.05) is 25.1 Å². The van der Waals surface area contributed by atoms with Crippen LogP contribution in [0.3, 0.4) is 0 Å². The summed E-state index contributed by atoms with van der Waals surface area (Å²) in [5.74, 6) is 2.15. The second-order valence-electron chi connectivity index (χ2n) is 6.10. The van der Waals surface area contributed by atoms with Crippen molar-refractivity contribution in [1.82, 2.24) is 4.98 Å². The molecule has 0 amide bonds. The SMILES string of the molecule is CC(C)(C)Nc1cccc(OCC2CCOCC2)n1. The van der Waals surface area contributed by atoms with Crippen LogP contribution in [0.5, 0.6) is 5.88 Å². The number of aromatic nitrogens is 1. The monoisotopic (exact) mass is 264 g/mol. The molecule has 1 aromatic rings. The summed E-state index contributed by atoms with van der Waals surface area (Å²) in [4.78, 5) is 4.48. The first-order valence-electron chi connectivity index (χ1n) is 6.99. The summed E-state index contributed by atoms with van der Waals surface area (Å²) in [5.41, 5.74) is 0.00628. The fourth-order valence-electron chi connectivity index (χ4n) is 2.07. The second kappa shape index (κ2) is 6.24. The lowest BCUT2D eigenvalue weighted by Crippen LogP contribution is -2.26. The third kappa shape index (κ3) is 5.07. The van der Waals surface area contributed by atoms with Crippen LogP contribution in [0.25, 0.3) is 0 Å². The molecule has 0 aromatic carbocycles. The molecule has 0 bridgehead atoms. The Morgan fingerprint density at radius 1 is 1.32 bits per heavy atom. The Kier molecular flexibility index (Phi) is 4.64. The van der Waals surface area contributed by atoms with Gasteiger partial charge in [0.25, 0.3) is 0 Å². The number of pyridine rings is 1. The molecule has 2 heterocycles. The number of rotatable bonds is 4. The van der Waals surface area contributed by atoms with E-state index in [2.05, 4.69) is 31.1 Å². The van der Waals surface area contributed by atoms with Crippen LogP contribution in [-0.2, 0) is 4.74 Å². The van der Waals surface area contributed by atoms with Gasteiger partial charge < -0.3 is 14.8 Å². The first-order valence-corrected chi connectivity index (χ1v) is 6.99. The van der Waals surface area contributed by atoms with E-state index in [1.165, 1.54) is 0 Å². The molecule has 1 aliphatic rings. The highest BCUT2D eigenvalue weighted by atomic mass is 16.5. The van der Waals surface area contributed by atoms with Crippen LogP contribution in [-0.4, -0.2) is 30.3 Å². The minimum absolute atomic E-state index is 0.00628. The van der Waals surface area contributed by atoms with E-state index in [1.54, 1.807) is 0 Å². The van der Waals surface area contributed by atoms with Gasteiger partial charge in [0.2, 0.25) is 5.88 Å². The van der Waals surface area contributed by atoms with Gasteiger partial charge in [0, 0.05) is 24.8 Å². The van der Waals surface area contributed by atoms with E-state index in [1.807, 2.05) is 18.2 Å². The minimum Gasteiger partial charge on any atom is -0.477 e. The highest BCUT2D eigenvalue weighted by Gasteiger charge is 2.15. The van der Waals surface area contributed by atoms with Gasteiger partial charge in [-0.25, -0.2) is 0 Å². The maximum Gasteiger partial charge on any atom is 0.215 e. The van der Waals surface area contributed by atoms with Gasteiger partial charge in [-0.05, 0) is 45.6 Å². The van der Waals surface area contributed by atoms with Crippen molar-refractivity contribution >= 4 is 5.82 Å². The summed E-state index contributed by atoms with van der Waals surface area (Å²) in [6.45, 7) is 8.79. The molecule has 4 heteroatoms. The second-order valence-corrected chi connectivity index (χ2v) is 6.10. The van der Waals surface area contributed by atoms with E-state index in [4.69, 9.17) is 9.47 Å². The highest BCUT2D eigenvalue weighted by Crippen LogP contribution is 2.19. The van der Waals surface area contributed by atoms with Gasteiger partial charge in [-0.1, -0.05) is 6.07 Å². The van der Waals surface area contributed by atoms with Gasteiger partial charge >= 0.3 is 0 Å². The van der Waals surface area contributed by atoms with Gasteiger partial charge in [0.05, 0.1) is 6.61 Å². The number of nitrogens with one attached hydrogen (secondary N) is 1. The molecule has 1 fully saturated rings. The molecule has 19 heavy (non-hydrogen) atoms. The Labute approximate surface area is 115 Å². The number of anilines is 1. The van der Waals surface area contributed by atoms with E-state index >= 15 is 0 Å². The standard InChI is InChI=1S/C15H24N2O2/c1-15(2,3)17-13-5-4-6-14(16-13)19-11-12-7-9-18-10-8-12/h4-6,12H,7-11H2,1-3H3,(H,16,17). The lowest BCUT2D eigenvalue weighted by molar-refractivity contribution is 0.0490. The molecule has 4 nitrogen and oxygen atoms in total. The van der Waals surface area contributed by atoms with Gasteiger partial charge in [0.1, 0.15) is 5.82 Å². The predicted octanol–water partition coefficient (Wildman–Crippen LogP) is 3.10. The van der Waals surface area contributed by atoms with Crippen LogP contribution < -0.4 is 10.1 Å². The maximum absolute atomic E-state index is 5.79. The summed E-state index contributed by atoms with van der Waals surface area (Å²) >= 11 is 0. The van der Waals surface area contributed by atoms with Crippen molar-refractivity contribution < 1.29 is 9.47 Å². The number of ether oxygens (including phenoxy) is 2. The Hall–Kier alpha value is -1.29. The first-order chi connectivity index (χ1) is 9.03. The number of hydrogen-bond donors (Lipinski definition) is 1. The van der Waals surface area contributed by atoms with Crippen molar-refractivity contribution in [2.45, 2.75) is 39.2 Å². The fourth-order valence-corrected chi connectivity index (χ4v) is 2.07. The summed E-state index contributed by atoms with van der Waals surface area (Å²) < 4.78 is 11.1. The van der Waals surface area contributed by atoms with E-state index in [0.717, 1.165) is 38.5 Å². The van der Waals surface area contributed by atoms with Crippen molar-refractivity contribution in [2.24, 2.45) is 5.92 Å². The van der Waals surface area contributed by atoms with E-state index in [9.17, 15) is 0 Å². The molecule has 1 N–H and O–H groups in total. The average Bonchev–Trinajstić information content (AvgIpc) is 2.36. The Balaban J connectivity index is 1.87. The van der Waals surface area contributed by atoms with Crippen LogP contribution >= 0.6 is 0 Å². The molecule has 2 rings (SSSR count). The van der Waals surface area contributed by atoms with E-state index in [0.29, 0.717) is 11.8 Å². The molecule has 106 valence electrons. The summed E-state index contributed by atoms with van der Waals surface area (Å²) in [7, 11) is 0. The molecule has 1 aromatic heterocycles. The van der Waals surface area contributed by atoms with Gasteiger partial charge in [0.15, 0.2) is 0 Å². The predicted molar refractivity (Wildman–Crippen MR) is 76.7 cm³/mol. The molecule has 0 atom stereocenters. The largest absolute Gasteiger partial charge is 0.477 e. The number of hydrogen-bond acceptors (Lipinski definition) is 4. The number of nitrogens with zero attached hydrogens (tertiary/aromatic N) is 1. The molecule has 0 spiro atoms. The molecule has 1 saturated heterocycles. The molecule has 0 aliphatic carbocycles. The summed E-state index contributed by atoms with van der Waals surface area (Å²) in [5, 5.41) is 3.35. The van der Waals surface area contributed by atoms with Crippen LogP contribution in [0.15, 0.2) is 18.2 Å². The van der Waals surface area contributed by atoms with Crippen molar-refractivity contribution in [3.8, 4) is 5.88 Å². The molecule has 1 aliphatic heterocycles. The Bertz CT molecular complexity index is 395. The van der Waals surface area contributed by atoms with Gasteiger partial charge in [-0.15, -0.1) is 0 Å². The van der Waals surface area contributed by atoms with Crippen LogP contribution in [0.2, 0.25) is 0 Å². The topological polar surface area (TPSA) is 43.4 Å². The minimum atomic E-state index is 0.00628. The lowest BCUT2D eigenvalue weighted by Gasteiger charge is -2.23. The first kappa shape index (κ1) is 14.1. The maximum atomic E-state index is 5.79. The Morgan fingerprint density at radius 3 is 2.74 bits per heavy atom. The van der Waals surface area contributed by atoms with E-state index < -0.39 is 0 Å². The van der Waals surface area contributed by atoms with Gasteiger partial charge in [-0.2, -0.15) is 4.98 Å². The quantitative estimate of drug-likeness (QED) is 0.907. The zero-order valence-electron chi connectivity index (χ0n) is 12.1. The summed E-state index contributed by atoms with van der Waals surface area (Å²) in [6.07, 6.45) is 2.17. The third-order valence-corrected chi connectivity index (χ3v) is 3.03. The zero-order chi connectivity index (χ0) is 13.7. The van der Waals surface area contributed by atoms with Crippen LogP contribution in [0.1, 0.15) is 33.6 Å². The van der Waals surface area contributed by atoms with Crippen molar-refractivity contribution in [1.29, 1.82) is 0 Å².